The van der Waals surface area contributed by atoms with E-state index >= 15 is 0 Å². The molecule has 10 heteroatoms. The summed E-state index contributed by atoms with van der Waals surface area (Å²) in [6.07, 6.45) is 0.966. The number of nitrogens with two attached hydrogens (primary N) is 1. The van der Waals surface area contributed by atoms with Crippen LogP contribution in [-0.4, -0.2) is 58.2 Å². The Morgan fingerprint density at radius 2 is 1.88 bits per heavy atom. The van der Waals surface area contributed by atoms with Gasteiger partial charge in [-0.2, -0.15) is 27.0 Å². The number of carboxylic acids is 1. The molecule has 8 nitrogen and oxygen atoms in total. The van der Waals surface area contributed by atoms with Crippen LogP contribution < -0.4 is 11.1 Å². The number of carbonyl (C=O) groups excluding carboxylic acids is 3. The molecule has 0 aliphatic carbocycles. The van der Waals surface area contributed by atoms with Gasteiger partial charge in [0, 0.05) is 13.0 Å². The van der Waals surface area contributed by atoms with Crippen molar-refractivity contribution in [3.63, 3.8) is 0 Å². The number of aliphatic carboxylic acids is 1. The van der Waals surface area contributed by atoms with Gasteiger partial charge in [0.05, 0.1) is 12.6 Å². The standard InChI is InChI=1S/C14H23N3O5.2H2S/c1-9(18)10(4-5-12(20)21)16-13(22)14(2)6-3-7-17(14)11(19)8-15;;/h10H,3-8,15H2,1-2H3,(H,16,22)(H,20,21);2*1H2/t10-,14-;;/m0../s1. The molecule has 1 rings (SSSR count). The average Bonchev–Trinajstić information content (AvgIpc) is 2.85. The third kappa shape index (κ3) is 5.99. The van der Waals surface area contributed by atoms with E-state index in [9.17, 15) is 19.2 Å². The first-order chi connectivity index (χ1) is 10.2. The largest absolute Gasteiger partial charge is 0.481 e. The molecule has 0 aromatic rings. The maximum absolute atomic E-state index is 12.5. The van der Waals surface area contributed by atoms with Gasteiger partial charge in [0.15, 0.2) is 5.78 Å². The van der Waals surface area contributed by atoms with Crippen LogP contribution in [0.4, 0.5) is 0 Å². The molecule has 1 fully saturated rings. The molecule has 4 N–H and O–H groups in total. The van der Waals surface area contributed by atoms with Crippen molar-refractivity contribution in [3.05, 3.63) is 0 Å². The highest BCUT2D eigenvalue weighted by molar-refractivity contribution is 7.59. The molecule has 0 unspecified atom stereocenters. The van der Waals surface area contributed by atoms with Gasteiger partial charge >= 0.3 is 5.97 Å². The number of hydrogen-bond acceptors (Lipinski definition) is 5. The normalized spacial score (nSPS) is 20.4. The van der Waals surface area contributed by atoms with E-state index in [2.05, 4.69) is 5.32 Å². The predicted molar refractivity (Wildman–Crippen MR) is 98.6 cm³/mol. The number of carboxylic acid groups (broad SMARTS) is 1. The van der Waals surface area contributed by atoms with Gasteiger partial charge in [0.25, 0.3) is 0 Å². The van der Waals surface area contributed by atoms with Crippen LogP contribution >= 0.6 is 27.0 Å². The second kappa shape index (κ2) is 10.6. The fraction of sp³-hybridized carbons (Fsp3) is 0.714. The number of Topliss-reactive ketones (excluding diaryl/α,β-unsaturated/α-hetero) is 1. The molecular weight excluding hydrogens is 354 g/mol. The Morgan fingerprint density at radius 1 is 1.29 bits per heavy atom. The first-order valence-corrected chi connectivity index (χ1v) is 7.26. The summed E-state index contributed by atoms with van der Waals surface area (Å²) >= 11 is 0. The molecule has 0 aromatic heterocycles. The Morgan fingerprint density at radius 3 is 2.33 bits per heavy atom. The molecule has 1 aliphatic heterocycles. The van der Waals surface area contributed by atoms with Crippen LogP contribution in [0, 0.1) is 0 Å². The second-order valence-corrected chi connectivity index (χ2v) is 5.70. The number of ketones is 1. The number of rotatable bonds is 7. The highest BCUT2D eigenvalue weighted by Gasteiger charge is 2.45. The summed E-state index contributed by atoms with van der Waals surface area (Å²) < 4.78 is 0. The van der Waals surface area contributed by atoms with Crippen LogP contribution in [0.3, 0.4) is 0 Å². The van der Waals surface area contributed by atoms with Crippen molar-refractivity contribution in [2.45, 2.75) is 51.1 Å². The third-order valence-electron chi connectivity index (χ3n) is 4.05. The van der Waals surface area contributed by atoms with Gasteiger partial charge in [-0.25, -0.2) is 0 Å². The van der Waals surface area contributed by atoms with E-state index in [0.29, 0.717) is 19.4 Å². The molecule has 0 radical (unpaired) electrons. The molecular formula is C14H27N3O5S2. The van der Waals surface area contributed by atoms with E-state index in [1.807, 2.05) is 0 Å². The fourth-order valence-corrected chi connectivity index (χ4v) is 2.67. The smallest absolute Gasteiger partial charge is 0.303 e. The molecule has 24 heavy (non-hydrogen) atoms. The van der Waals surface area contributed by atoms with Crippen LogP contribution in [0.15, 0.2) is 0 Å². The molecule has 0 bridgehead atoms. The lowest BCUT2D eigenvalue weighted by atomic mass is 9.96. The minimum Gasteiger partial charge on any atom is -0.481 e. The van der Waals surface area contributed by atoms with Crippen molar-refractivity contribution in [2.75, 3.05) is 13.1 Å². The summed E-state index contributed by atoms with van der Waals surface area (Å²) in [6, 6.07) is -0.865. The monoisotopic (exact) mass is 381 g/mol. The van der Waals surface area contributed by atoms with Crippen LogP contribution in [0.5, 0.6) is 0 Å². The van der Waals surface area contributed by atoms with E-state index in [0.717, 1.165) is 0 Å². The lowest BCUT2D eigenvalue weighted by Gasteiger charge is -2.34. The lowest BCUT2D eigenvalue weighted by molar-refractivity contribution is -0.144. The Kier molecular flexibility index (Phi) is 11.0. The van der Waals surface area contributed by atoms with Gasteiger partial charge in [-0.3, -0.25) is 19.2 Å². The Labute approximate surface area is 155 Å². The third-order valence-corrected chi connectivity index (χ3v) is 4.05. The molecule has 0 spiro atoms. The van der Waals surface area contributed by atoms with E-state index in [4.69, 9.17) is 10.8 Å². The van der Waals surface area contributed by atoms with E-state index in [1.54, 1.807) is 6.92 Å². The number of likely N-dealkylation sites (tertiary alicyclic amines) is 1. The maximum atomic E-state index is 12.5. The van der Waals surface area contributed by atoms with Crippen LogP contribution in [-0.2, 0) is 19.2 Å². The van der Waals surface area contributed by atoms with Crippen LogP contribution in [0.25, 0.3) is 0 Å². The first kappa shape index (κ1) is 25.0. The number of hydrogen-bond donors (Lipinski definition) is 3. The highest BCUT2D eigenvalue weighted by atomic mass is 32.1. The molecule has 0 saturated carbocycles. The summed E-state index contributed by atoms with van der Waals surface area (Å²) in [6.45, 7) is 3.20. The molecule has 140 valence electrons. The molecule has 2 amide bonds. The van der Waals surface area contributed by atoms with Crippen molar-refractivity contribution in [3.8, 4) is 0 Å². The zero-order valence-electron chi connectivity index (χ0n) is 13.9. The van der Waals surface area contributed by atoms with Gasteiger partial charge < -0.3 is 21.1 Å². The van der Waals surface area contributed by atoms with E-state index in [-0.39, 0.29) is 58.1 Å². The average molecular weight is 382 g/mol. The quantitative estimate of drug-likeness (QED) is 0.545. The number of amides is 2. The second-order valence-electron chi connectivity index (χ2n) is 5.70. The van der Waals surface area contributed by atoms with Crippen molar-refractivity contribution in [2.24, 2.45) is 5.73 Å². The summed E-state index contributed by atoms with van der Waals surface area (Å²) in [5, 5.41) is 11.3. The summed E-state index contributed by atoms with van der Waals surface area (Å²) in [5.74, 6) is -2.11. The molecule has 0 aromatic carbocycles. The topological polar surface area (TPSA) is 130 Å². The number of nitrogens with one attached hydrogen (secondary N) is 1. The fourth-order valence-electron chi connectivity index (χ4n) is 2.67. The molecule has 1 saturated heterocycles. The number of carbonyl (C=O) groups is 4. The van der Waals surface area contributed by atoms with Crippen molar-refractivity contribution < 1.29 is 24.3 Å². The van der Waals surface area contributed by atoms with Gasteiger partial charge in [-0.1, -0.05) is 0 Å². The zero-order chi connectivity index (χ0) is 16.9. The van der Waals surface area contributed by atoms with E-state index in [1.165, 1.54) is 11.8 Å². The maximum Gasteiger partial charge on any atom is 0.303 e. The minimum absolute atomic E-state index is 0. The first-order valence-electron chi connectivity index (χ1n) is 7.26. The van der Waals surface area contributed by atoms with Crippen LogP contribution in [0.1, 0.15) is 39.5 Å². The van der Waals surface area contributed by atoms with E-state index < -0.39 is 23.5 Å². The summed E-state index contributed by atoms with van der Waals surface area (Å²) in [4.78, 5) is 48.0. The molecule has 1 aliphatic rings. The number of nitrogens with zero attached hydrogens (tertiary/aromatic N) is 1. The SMILES string of the molecule is CC(=O)[C@H](CCC(=O)O)NC(=O)[C@]1(C)CCCN1C(=O)CN.S.S. The Bertz CT molecular complexity index is 489. The summed E-state index contributed by atoms with van der Waals surface area (Å²) in [5.41, 5.74) is 4.31. The Balaban J connectivity index is 0. The van der Waals surface area contributed by atoms with Gasteiger partial charge in [-0.15, -0.1) is 0 Å². The predicted octanol–water partition coefficient (Wildman–Crippen LogP) is -0.510. The minimum atomic E-state index is -1.05. The molecule has 1 heterocycles. The van der Waals surface area contributed by atoms with Gasteiger partial charge in [-0.05, 0) is 33.1 Å². The van der Waals surface area contributed by atoms with Crippen molar-refractivity contribution in [1.29, 1.82) is 0 Å². The summed E-state index contributed by atoms with van der Waals surface area (Å²) in [7, 11) is 0. The van der Waals surface area contributed by atoms with Crippen molar-refractivity contribution in [1.82, 2.24) is 10.2 Å². The van der Waals surface area contributed by atoms with Gasteiger partial charge in [0.1, 0.15) is 5.54 Å². The lowest BCUT2D eigenvalue weighted by Crippen LogP contribution is -2.59. The highest BCUT2D eigenvalue weighted by Crippen LogP contribution is 2.29. The van der Waals surface area contributed by atoms with Crippen molar-refractivity contribution >= 4 is 50.6 Å². The van der Waals surface area contributed by atoms with Crippen LogP contribution in [0.2, 0.25) is 0 Å². The zero-order valence-corrected chi connectivity index (χ0v) is 15.9. The van der Waals surface area contributed by atoms with Gasteiger partial charge in [0.2, 0.25) is 11.8 Å². The Hall–Kier alpha value is -1.26. The molecule has 2 atom stereocenters.